The topological polar surface area (TPSA) is 107 Å². The van der Waals surface area contributed by atoms with E-state index in [2.05, 4.69) is 10.5 Å². The lowest BCUT2D eigenvalue weighted by atomic mass is 10.1. The minimum atomic E-state index is -0.531. The maximum absolute atomic E-state index is 12.0. The maximum atomic E-state index is 12.0. The number of hydrogen-bond acceptors (Lipinski definition) is 6. The second kappa shape index (κ2) is 9.03. The molecule has 0 saturated heterocycles. The van der Waals surface area contributed by atoms with E-state index in [1.54, 1.807) is 49.6 Å². The van der Waals surface area contributed by atoms with E-state index >= 15 is 0 Å². The Morgan fingerprint density at radius 3 is 2.69 bits per heavy atom. The van der Waals surface area contributed by atoms with E-state index in [0.29, 0.717) is 22.8 Å². The smallest absolute Gasteiger partial charge is 0.281 e. The molecule has 9 heteroatoms. The molecule has 2 aromatic carbocycles. The van der Waals surface area contributed by atoms with Crippen molar-refractivity contribution in [1.82, 2.24) is 5.43 Å². The third-order valence-electron chi connectivity index (χ3n) is 3.95. The zero-order chi connectivity index (χ0) is 20.8. The summed E-state index contributed by atoms with van der Waals surface area (Å²) in [5, 5.41) is 15.3. The fourth-order valence-corrected chi connectivity index (χ4v) is 2.73. The molecule has 1 N–H and O–H groups in total. The monoisotopic (exact) mass is 413 g/mol. The molecule has 3 aromatic rings. The third-order valence-corrected chi connectivity index (χ3v) is 4.19. The van der Waals surface area contributed by atoms with Crippen LogP contribution in [-0.4, -0.2) is 24.2 Å². The van der Waals surface area contributed by atoms with Crippen molar-refractivity contribution in [2.75, 3.05) is 7.11 Å². The van der Waals surface area contributed by atoms with E-state index in [-0.39, 0.29) is 23.0 Å². The molecule has 1 heterocycles. The first-order chi connectivity index (χ1) is 14.0. The predicted octanol–water partition coefficient (Wildman–Crippen LogP) is 4.21. The Hall–Kier alpha value is -3.65. The summed E-state index contributed by atoms with van der Waals surface area (Å²) >= 11 is 5.82. The number of hydrazone groups is 1. The van der Waals surface area contributed by atoms with E-state index in [1.165, 1.54) is 18.3 Å². The average molecular weight is 414 g/mol. The van der Waals surface area contributed by atoms with Crippen LogP contribution in [0.4, 0.5) is 5.69 Å². The highest BCUT2D eigenvalue weighted by Crippen LogP contribution is 2.33. The van der Waals surface area contributed by atoms with Crippen LogP contribution in [0.2, 0.25) is 5.02 Å². The number of benzene rings is 2. The summed E-state index contributed by atoms with van der Waals surface area (Å²) in [6, 6.07) is 14.6. The van der Waals surface area contributed by atoms with Crippen LogP contribution in [0.5, 0.6) is 5.75 Å². The molecule has 0 spiro atoms. The molecule has 0 bridgehead atoms. The molecule has 0 atom stereocenters. The van der Waals surface area contributed by atoms with Crippen LogP contribution in [0.1, 0.15) is 11.3 Å². The van der Waals surface area contributed by atoms with E-state index in [4.69, 9.17) is 20.8 Å². The molecule has 0 radical (unpaired) electrons. The van der Waals surface area contributed by atoms with Gasteiger partial charge < -0.3 is 9.15 Å². The van der Waals surface area contributed by atoms with Crippen molar-refractivity contribution in [3.05, 3.63) is 81.1 Å². The molecule has 1 aromatic heterocycles. The molecule has 1 amide bonds. The Kier molecular flexibility index (Phi) is 6.25. The number of nitro groups is 1. The predicted molar refractivity (Wildman–Crippen MR) is 108 cm³/mol. The van der Waals surface area contributed by atoms with Gasteiger partial charge in [-0.15, -0.1) is 0 Å². The lowest BCUT2D eigenvalue weighted by molar-refractivity contribution is -0.384. The standard InChI is InChI=1S/C20H16ClN3O5/c1-28-15-5-2-13(3-6-15)10-20(25)23-22-12-16-7-9-19(29-16)17-8-4-14(21)11-18(17)24(26)27/h2-9,11-12H,10H2,1H3,(H,23,25)/b22-12-. The maximum Gasteiger partial charge on any atom is 0.281 e. The highest BCUT2D eigenvalue weighted by atomic mass is 35.5. The fourth-order valence-electron chi connectivity index (χ4n) is 2.57. The first-order valence-corrected chi connectivity index (χ1v) is 8.83. The summed E-state index contributed by atoms with van der Waals surface area (Å²) in [5.41, 5.74) is 3.35. The number of furan rings is 1. The summed E-state index contributed by atoms with van der Waals surface area (Å²) in [7, 11) is 1.57. The van der Waals surface area contributed by atoms with Crippen LogP contribution < -0.4 is 10.2 Å². The molecule has 0 aliphatic carbocycles. The molecule has 0 saturated carbocycles. The number of halogens is 1. The van der Waals surface area contributed by atoms with E-state index in [0.717, 1.165) is 5.56 Å². The van der Waals surface area contributed by atoms with E-state index in [1.807, 2.05) is 0 Å². The van der Waals surface area contributed by atoms with Crippen LogP contribution in [-0.2, 0) is 11.2 Å². The lowest BCUT2D eigenvalue weighted by Crippen LogP contribution is -2.19. The van der Waals surface area contributed by atoms with Crippen molar-refractivity contribution in [2.24, 2.45) is 5.10 Å². The molecule has 0 fully saturated rings. The van der Waals surface area contributed by atoms with Gasteiger partial charge in [-0.25, -0.2) is 5.43 Å². The summed E-state index contributed by atoms with van der Waals surface area (Å²) in [6.07, 6.45) is 1.47. The number of amides is 1. The highest BCUT2D eigenvalue weighted by Gasteiger charge is 2.18. The zero-order valence-corrected chi connectivity index (χ0v) is 16.1. The van der Waals surface area contributed by atoms with Crippen LogP contribution in [0, 0.1) is 10.1 Å². The molecule has 0 aliphatic heterocycles. The number of methoxy groups -OCH3 is 1. The molecule has 148 valence electrons. The fraction of sp³-hybridized carbons (Fsp3) is 0.100. The Balaban J connectivity index is 1.63. The lowest BCUT2D eigenvalue weighted by Gasteiger charge is -2.02. The Labute approximate surface area is 170 Å². The Morgan fingerprint density at radius 1 is 1.24 bits per heavy atom. The first-order valence-electron chi connectivity index (χ1n) is 8.45. The Morgan fingerprint density at radius 2 is 2.00 bits per heavy atom. The van der Waals surface area contributed by atoms with Gasteiger partial charge in [0.05, 0.1) is 30.2 Å². The van der Waals surface area contributed by atoms with Crippen LogP contribution >= 0.6 is 11.6 Å². The SMILES string of the molecule is COc1ccc(CC(=O)N/N=C\c2ccc(-c3ccc(Cl)cc3[N+](=O)[O-])o2)cc1. The van der Waals surface area contributed by atoms with Crippen LogP contribution in [0.25, 0.3) is 11.3 Å². The number of hydrogen-bond donors (Lipinski definition) is 1. The largest absolute Gasteiger partial charge is 0.497 e. The van der Waals surface area contributed by atoms with Gasteiger partial charge in [-0.05, 0) is 42.0 Å². The van der Waals surface area contributed by atoms with Crippen LogP contribution in [0.3, 0.4) is 0 Å². The molecule has 0 aliphatic rings. The van der Waals surface area contributed by atoms with Crippen molar-refractivity contribution in [3.8, 4) is 17.1 Å². The molecule has 29 heavy (non-hydrogen) atoms. The van der Waals surface area contributed by atoms with Crippen molar-refractivity contribution >= 4 is 29.4 Å². The minimum absolute atomic E-state index is 0.154. The van der Waals surface area contributed by atoms with Gasteiger partial charge in [0.25, 0.3) is 5.69 Å². The second-order valence-corrected chi connectivity index (χ2v) is 6.38. The van der Waals surface area contributed by atoms with Gasteiger partial charge in [-0.2, -0.15) is 5.10 Å². The average Bonchev–Trinajstić information content (AvgIpc) is 3.17. The van der Waals surface area contributed by atoms with Gasteiger partial charge in [0.1, 0.15) is 17.3 Å². The first kappa shape index (κ1) is 20.1. The number of nitrogens with one attached hydrogen (secondary N) is 1. The summed E-state index contributed by atoms with van der Waals surface area (Å²) < 4.78 is 10.6. The Bertz CT molecular complexity index is 1060. The van der Waals surface area contributed by atoms with Crippen molar-refractivity contribution in [1.29, 1.82) is 0 Å². The number of rotatable bonds is 7. The number of nitro benzene ring substituents is 1. The second-order valence-electron chi connectivity index (χ2n) is 5.94. The van der Waals surface area contributed by atoms with Crippen molar-refractivity contribution in [3.63, 3.8) is 0 Å². The molecular formula is C20H16ClN3O5. The summed E-state index contributed by atoms with van der Waals surface area (Å²) in [6.45, 7) is 0. The quantitative estimate of drug-likeness (QED) is 0.354. The summed E-state index contributed by atoms with van der Waals surface area (Å²) in [4.78, 5) is 22.6. The van der Waals surface area contributed by atoms with E-state index < -0.39 is 4.92 Å². The molecule has 0 unspecified atom stereocenters. The molecule has 8 nitrogen and oxygen atoms in total. The highest BCUT2D eigenvalue weighted by molar-refractivity contribution is 6.30. The van der Waals surface area contributed by atoms with E-state index in [9.17, 15) is 14.9 Å². The van der Waals surface area contributed by atoms with Gasteiger partial charge in [0.2, 0.25) is 5.91 Å². The normalized spacial score (nSPS) is 10.8. The van der Waals surface area contributed by atoms with Gasteiger partial charge in [0.15, 0.2) is 0 Å². The molecular weight excluding hydrogens is 398 g/mol. The van der Waals surface area contributed by atoms with Gasteiger partial charge in [0, 0.05) is 11.1 Å². The van der Waals surface area contributed by atoms with Gasteiger partial charge in [-0.3, -0.25) is 14.9 Å². The number of carbonyl (C=O) groups excluding carboxylic acids is 1. The minimum Gasteiger partial charge on any atom is -0.497 e. The van der Waals surface area contributed by atoms with Gasteiger partial charge >= 0.3 is 0 Å². The van der Waals surface area contributed by atoms with Crippen molar-refractivity contribution < 1.29 is 18.9 Å². The van der Waals surface area contributed by atoms with Gasteiger partial charge in [-0.1, -0.05) is 23.7 Å². The molecule has 3 rings (SSSR count). The summed E-state index contributed by atoms with van der Waals surface area (Å²) in [5.74, 6) is 1.03. The third kappa shape index (κ3) is 5.20. The van der Waals surface area contributed by atoms with Crippen molar-refractivity contribution in [2.45, 2.75) is 6.42 Å². The number of nitrogens with zero attached hydrogens (tertiary/aromatic N) is 2. The van der Waals surface area contributed by atoms with Crippen LogP contribution in [0.15, 0.2) is 64.1 Å². The number of ether oxygens (including phenoxy) is 1. The number of carbonyl (C=O) groups is 1. The zero-order valence-electron chi connectivity index (χ0n) is 15.3.